The molecule has 8 heteroatoms. The highest BCUT2D eigenvalue weighted by molar-refractivity contribution is 7.89. The predicted octanol–water partition coefficient (Wildman–Crippen LogP) is 0.936. The molecule has 130 valence electrons. The molecule has 0 spiro atoms. The highest BCUT2D eigenvalue weighted by atomic mass is 32.2. The zero-order valence-corrected chi connectivity index (χ0v) is 14.7. The molecule has 0 aromatic heterocycles. The minimum absolute atomic E-state index is 0.283. The van der Waals surface area contributed by atoms with Gasteiger partial charge in [-0.15, -0.1) is 0 Å². The molecular formula is C15H24FN3O3S. The van der Waals surface area contributed by atoms with Crippen LogP contribution in [0.15, 0.2) is 29.2 Å². The number of rotatable bonds is 7. The Bertz CT molecular complexity index is 662. The first-order valence-corrected chi connectivity index (χ1v) is 8.70. The third-order valence-corrected chi connectivity index (χ3v) is 5.00. The summed E-state index contributed by atoms with van der Waals surface area (Å²) < 4.78 is 40.2. The van der Waals surface area contributed by atoms with Crippen LogP contribution in [0.25, 0.3) is 0 Å². The summed E-state index contributed by atoms with van der Waals surface area (Å²) in [4.78, 5) is 13.2. The van der Waals surface area contributed by atoms with E-state index < -0.39 is 32.7 Å². The molecule has 0 aliphatic heterocycles. The third-order valence-electron chi connectivity index (χ3n) is 3.42. The fourth-order valence-corrected chi connectivity index (χ4v) is 3.40. The van der Waals surface area contributed by atoms with Crippen molar-refractivity contribution < 1.29 is 17.6 Å². The summed E-state index contributed by atoms with van der Waals surface area (Å²) in [6.45, 7) is 6.01. The lowest BCUT2D eigenvalue weighted by atomic mass is 9.93. The van der Waals surface area contributed by atoms with Crippen LogP contribution in [-0.4, -0.2) is 45.4 Å². The zero-order valence-electron chi connectivity index (χ0n) is 13.8. The Morgan fingerprint density at radius 3 is 2.48 bits per heavy atom. The maximum Gasteiger partial charge on any atom is 0.244 e. The second-order valence-corrected chi connectivity index (χ2v) is 8.02. The van der Waals surface area contributed by atoms with Crippen LogP contribution in [0, 0.1) is 11.2 Å². The van der Waals surface area contributed by atoms with Gasteiger partial charge in [0.1, 0.15) is 10.7 Å². The minimum Gasteiger partial charge on any atom is -0.344 e. The van der Waals surface area contributed by atoms with E-state index in [1.165, 1.54) is 24.0 Å². The van der Waals surface area contributed by atoms with Crippen molar-refractivity contribution in [1.29, 1.82) is 0 Å². The van der Waals surface area contributed by atoms with Crippen LogP contribution in [0.4, 0.5) is 4.39 Å². The average Bonchev–Trinajstić information content (AvgIpc) is 2.45. The van der Waals surface area contributed by atoms with E-state index in [1.807, 2.05) is 13.8 Å². The largest absolute Gasteiger partial charge is 0.344 e. The van der Waals surface area contributed by atoms with Gasteiger partial charge < -0.3 is 10.6 Å². The first-order chi connectivity index (χ1) is 10.5. The predicted molar refractivity (Wildman–Crippen MR) is 86.7 cm³/mol. The normalized spacial score (nSPS) is 13.7. The number of nitrogens with zero attached hydrogens (tertiary/aromatic N) is 1. The monoisotopic (exact) mass is 345 g/mol. The van der Waals surface area contributed by atoms with Gasteiger partial charge in [-0.25, -0.2) is 12.8 Å². The van der Waals surface area contributed by atoms with Gasteiger partial charge in [0.05, 0.1) is 6.04 Å². The maximum absolute atomic E-state index is 13.6. The number of sulfonamides is 1. The summed E-state index contributed by atoms with van der Waals surface area (Å²) in [5.74, 6) is -1.27. The fraction of sp³-hybridized carbons (Fsp3) is 0.533. The second-order valence-electron chi connectivity index (χ2n) is 6.34. The van der Waals surface area contributed by atoms with E-state index >= 15 is 0 Å². The molecule has 0 saturated carbocycles. The minimum atomic E-state index is -4.12. The van der Waals surface area contributed by atoms with Gasteiger partial charge in [-0.2, -0.15) is 4.72 Å². The molecule has 0 saturated heterocycles. The molecule has 0 aliphatic carbocycles. The molecule has 1 atom stereocenters. The van der Waals surface area contributed by atoms with Crippen LogP contribution < -0.4 is 10.5 Å². The summed E-state index contributed by atoms with van der Waals surface area (Å²) in [7, 11) is -2.54. The quantitative estimate of drug-likeness (QED) is 0.769. The van der Waals surface area contributed by atoms with Crippen LogP contribution in [0.1, 0.15) is 20.8 Å². The highest BCUT2D eigenvalue weighted by Gasteiger charge is 2.28. The molecule has 1 aromatic carbocycles. The van der Waals surface area contributed by atoms with Gasteiger partial charge in [-0.1, -0.05) is 26.0 Å². The standard InChI is InChI=1S/C15H24FN3O3S/c1-11(14(20)19(4)10-15(2,3)9-17)18-23(21,22)13-8-6-5-7-12(13)16/h5-8,11,18H,9-10,17H2,1-4H3. The number of carbonyl (C=O) groups excluding carboxylic acids is 1. The van der Waals surface area contributed by atoms with Crippen LogP contribution in [0.2, 0.25) is 0 Å². The molecule has 1 aromatic rings. The summed E-state index contributed by atoms with van der Waals surface area (Å²) in [5.41, 5.74) is 5.35. The number of nitrogens with two attached hydrogens (primary N) is 1. The SMILES string of the molecule is CC(NS(=O)(=O)c1ccccc1F)C(=O)N(C)CC(C)(C)CN. The Balaban J connectivity index is 2.84. The van der Waals surface area contributed by atoms with E-state index in [2.05, 4.69) is 4.72 Å². The molecule has 23 heavy (non-hydrogen) atoms. The molecule has 0 aliphatic rings. The van der Waals surface area contributed by atoms with E-state index in [1.54, 1.807) is 7.05 Å². The van der Waals surface area contributed by atoms with Gasteiger partial charge in [-0.05, 0) is 31.0 Å². The van der Waals surface area contributed by atoms with Gasteiger partial charge in [-0.3, -0.25) is 4.79 Å². The molecule has 0 heterocycles. The highest BCUT2D eigenvalue weighted by Crippen LogP contribution is 2.16. The number of halogens is 1. The number of nitrogens with one attached hydrogen (secondary N) is 1. The third kappa shape index (κ3) is 5.26. The van der Waals surface area contributed by atoms with Crippen LogP contribution in [0.5, 0.6) is 0 Å². The Labute approximate surface area is 136 Å². The summed E-state index contributed by atoms with van der Waals surface area (Å²) in [6.07, 6.45) is 0. The van der Waals surface area contributed by atoms with Crippen molar-refractivity contribution in [3.63, 3.8) is 0 Å². The topological polar surface area (TPSA) is 92.5 Å². The Morgan fingerprint density at radius 2 is 1.96 bits per heavy atom. The van der Waals surface area contributed by atoms with Gasteiger partial charge in [0.2, 0.25) is 15.9 Å². The van der Waals surface area contributed by atoms with Gasteiger partial charge >= 0.3 is 0 Å². The van der Waals surface area contributed by atoms with Gasteiger partial charge in [0.25, 0.3) is 0 Å². The van der Waals surface area contributed by atoms with Gasteiger partial charge in [0.15, 0.2) is 0 Å². The molecule has 0 radical (unpaired) electrons. The van der Waals surface area contributed by atoms with Crippen molar-refractivity contribution in [2.24, 2.45) is 11.1 Å². The number of amides is 1. The molecule has 0 fully saturated rings. The van der Waals surface area contributed by atoms with Crippen LogP contribution in [-0.2, 0) is 14.8 Å². The van der Waals surface area contributed by atoms with Crippen molar-refractivity contribution in [1.82, 2.24) is 9.62 Å². The Morgan fingerprint density at radius 1 is 1.39 bits per heavy atom. The Hall–Kier alpha value is -1.51. The van der Waals surface area contributed by atoms with Crippen LogP contribution in [0.3, 0.4) is 0 Å². The average molecular weight is 345 g/mol. The van der Waals surface area contributed by atoms with E-state index in [9.17, 15) is 17.6 Å². The lowest BCUT2D eigenvalue weighted by molar-refractivity contribution is -0.132. The first kappa shape index (κ1) is 19.5. The number of carbonyl (C=O) groups is 1. The van der Waals surface area contributed by atoms with E-state index in [0.717, 1.165) is 12.1 Å². The van der Waals surface area contributed by atoms with E-state index in [4.69, 9.17) is 5.73 Å². The lowest BCUT2D eigenvalue weighted by Crippen LogP contribution is -2.48. The van der Waals surface area contributed by atoms with Crippen molar-refractivity contribution in [3.8, 4) is 0 Å². The van der Waals surface area contributed by atoms with Crippen molar-refractivity contribution >= 4 is 15.9 Å². The molecule has 3 N–H and O–H groups in total. The number of hydrogen-bond acceptors (Lipinski definition) is 4. The van der Waals surface area contributed by atoms with Crippen LogP contribution >= 0.6 is 0 Å². The Kier molecular flexibility index (Phi) is 6.26. The molecule has 1 amide bonds. The number of benzene rings is 1. The second kappa shape index (κ2) is 7.37. The van der Waals surface area contributed by atoms with E-state index in [-0.39, 0.29) is 5.41 Å². The molecule has 6 nitrogen and oxygen atoms in total. The van der Waals surface area contributed by atoms with Crippen molar-refractivity contribution in [3.05, 3.63) is 30.1 Å². The summed E-state index contributed by atoms with van der Waals surface area (Å²) in [6, 6.07) is 4.00. The first-order valence-electron chi connectivity index (χ1n) is 7.22. The molecule has 1 unspecified atom stereocenters. The number of likely N-dealkylation sites (N-methyl/N-ethyl adjacent to an activating group) is 1. The molecular weight excluding hydrogens is 321 g/mol. The summed E-state index contributed by atoms with van der Waals surface area (Å²) >= 11 is 0. The summed E-state index contributed by atoms with van der Waals surface area (Å²) in [5, 5.41) is 0. The molecule has 0 bridgehead atoms. The van der Waals surface area contributed by atoms with Crippen molar-refractivity contribution in [2.75, 3.05) is 20.1 Å². The van der Waals surface area contributed by atoms with E-state index in [0.29, 0.717) is 13.1 Å². The lowest BCUT2D eigenvalue weighted by Gasteiger charge is -2.30. The zero-order chi connectivity index (χ0) is 17.8. The maximum atomic E-state index is 13.6. The van der Waals surface area contributed by atoms with Crippen molar-refractivity contribution in [2.45, 2.75) is 31.7 Å². The smallest absolute Gasteiger partial charge is 0.244 e. The van der Waals surface area contributed by atoms with Gasteiger partial charge in [0, 0.05) is 13.6 Å². The molecule has 1 rings (SSSR count). The fourth-order valence-electron chi connectivity index (χ4n) is 2.12. The number of hydrogen-bond donors (Lipinski definition) is 2.